The first-order chi connectivity index (χ1) is 11.5. The molecular weight excluding hydrogens is 338 g/mol. The zero-order valence-electron chi connectivity index (χ0n) is 14.6. The highest BCUT2D eigenvalue weighted by Crippen LogP contribution is 2.32. The molecular formula is C15H21NO9. The van der Waals surface area contributed by atoms with Gasteiger partial charge in [-0.2, -0.15) is 0 Å². The highest BCUT2D eigenvalue weighted by Gasteiger charge is 2.58. The maximum absolute atomic E-state index is 11.5. The van der Waals surface area contributed by atoms with Crippen molar-refractivity contribution in [3.8, 4) is 0 Å². The highest BCUT2D eigenvalue weighted by atomic mass is 16.6. The molecule has 25 heavy (non-hydrogen) atoms. The Morgan fingerprint density at radius 3 is 1.08 bits per heavy atom. The molecule has 0 radical (unpaired) electrons. The molecule has 1 N–H and O–H groups in total. The van der Waals surface area contributed by atoms with Crippen LogP contribution in [0.15, 0.2) is 0 Å². The molecule has 0 aliphatic heterocycles. The van der Waals surface area contributed by atoms with Crippen LogP contribution in [0.2, 0.25) is 0 Å². The first-order valence-electron chi connectivity index (χ1n) is 7.49. The van der Waals surface area contributed by atoms with Gasteiger partial charge in [-0.05, 0) is 0 Å². The molecule has 140 valence electrons. The Morgan fingerprint density at radius 1 is 0.560 bits per heavy atom. The van der Waals surface area contributed by atoms with Crippen LogP contribution in [0.25, 0.3) is 0 Å². The maximum Gasteiger partial charge on any atom is 0.303 e. The lowest BCUT2D eigenvalue weighted by atomic mass is 10.1. The molecule has 10 heteroatoms. The van der Waals surface area contributed by atoms with E-state index < -0.39 is 60.2 Å². The average molecular weight is 359 g/mol. The lowest BCUT2D eigenvalue weighted by Crippen LogP contribution is -2.50. The molecule has 1 fully saturated rings. The monoisotopic (exact) mass is 359 g/mol. The molecule has 1 unspecified atom stereocenters. The van der Waals surface area contributed by atoms with Crippen LogP contribution in [0.1, 0.15) is 34.6 Å². The van der Waals surface area contributed by atoms with Crippen molar-refractivity contribution >= 4 is 29.8 Å². The normalized spacial score (nSPS) is 27.8. The van der Waals surface area contributed by atoms with E-state index in [0.29, 0.717) is 0 Å². The van der Waals surface area contributed by atoms with Crippen molar-refractivity contribution in [3.05, 3.63) is 0 Å². The highest BCUT2D eigenvalue weighted by molar-refractivity contribution is 5.74. The van der Waals surface area contributed by atoms with E-state index in [1.165, 1.54) is 6.92 Å². The number of amides is 1. The summed E-state index contributed by atoms with van der Waals surface area (Å²) < 4.78 is 20.5. The SMILES string of the molecule is CC(=O)NC1[C@@H](OC(C)=O)[C@@H](OC(C)=O)[C@@H](OC(C)=O)[C@H]1OC(C)=O. The summed E-state index contributed by atoms with van der Waals surface area (Å²) >= 11 is 0. The molecule has 1 amide bonds. The molecule has 0 saturated heterocycles. The summed E-state index contributed by atoms with van der Waals surface area (Å²) in [4.78, 5) is 57.2. The molecule has 1 aliphatic rings. The van der Waals surface area contributed by atoms with Gasteiger partial charge in [-0.1, -0.05) is 0 Å². The number of carbonyl (C=O) groups excluding carboxylic acids is 5. The van der Waals surface area contributed by atoms with Gasteiger partial charge in [0.15, 0.2) is 24.4 Å². The van der Waals surface area contributed by atoms with Crippen molar-refractivity contribution in [1.82, 2.24) is 5.32 Å². The largest absolute Gasteiger partial charge is 0.456 e. The number of esters is 4. The molecule has 0 aromatic rings. The molecule has 10 nitrogen and oxygen atoms in total. The number of ether oxygens (including phenoxy) is 4. The summed E-state index contributed by atoms with van der Waals surface area (Å²) in [6, 6.07) is -1.07. The molecule has 1 aliphatic carbocycles. The van der Waals surface area contributed by atoms with Crippen molar-refractivity contribution < 1.29 is 42.9 Å². The summed E-state index contributed by atoms with van der Waals surface area (Å²) in [5.74, 6) is -3.41. The Bertz CT molecular complexity index is 447. The molecule has 1 rings (SSSR count). The van der Waals surface area contributed by atoms with Crippen LogP contribution in [-0.4, -0.2) is 60.2 Å². The van der Waals surface area contributed by atoms with Gasteiger partial charge in [-0.3, -0.25) is 24.0 Å². The molecule has 5 atom stereocenters. The summed E-state index contributed by atoms with van der Waals surface area (Å²) in [6.07, 6.45) is -4.93. The van der Waals surface area contributed by atoms with Crippen LogP contribution in [0.4, 0.5) is 0 Å². The van der Waals surface area contributed by atoms with Crippen LogP contribution >= 0.6 is 0 Å². The Labute approximate surface area is 144 Å². The van der Waals surface area contributed by atoms with Crippen molar-refractivity contribution in [2.24, 2.45) is 0 Å². The van der Waals surface area contributed by atoms with Gasteiger partial charge in [0.2, 0.25) is 5.91 Å². The molecule has 0 spiro atoms. The predicted molar refractivity (Wildman–Crippen MR) is 79.8 cm³/mol. The van der Waals surface area contributed by atoms with Gasteiger partial charge < -0.3 is 24.3 Å². The van der Waals surface area contributed by atoms with Gasteiger partial charge in [0.05, 0.1) is 0 Å². The van der Waals surface area contributed by atoms with Crippen LogP contribution in [0.5, 0.6) is 0 Å². The minimum absolute atomic E-state index is 0.510. The van der Waals surface area contributed by atoms with Gasteiger partial charge in [0.25, 0.3) is 0 Å². The first kappa shape index (κ1) is 20.4. The Morgan fingerprint density at radius 2 is 0.840 bits per heavy atom. The van der Waals surface area contributed by atoms with E-state index in [1.54, 1.807) is 0 Å². The van der Waals surface area contributed by atoms with E-state index in [-0.39, 0.29) is 0 Å². The fourth-order valence-electron chi connectivity index (χ4n) is 2.68. The van der Waals surface area contributed by atoms with Crippen LogP contribution in [-0.2, 0) is 42.9 Å². The van der Waals surface area contributed by atoms with E-state index in [1.807, 2.05) is 0 Å². The summed E-state index contributed by atoms with van der Waals surface area (Å²) in [5, 5.41) is 2.48. The lowest BCUT2D eigenvalue weighted by Gasteiger charge is -2.25. The fraction of sp³-hybridized carbons (Fsp3) is 0.667. The molecule has 0 aromatic heterocycles. The average Bonchev–Trinajstić information content (AvgIpc) is 2.63. The number of carbonyl (C=O) groups is 5. The van der Waals surface area contributed by atoms with Crippen molar-refractivity contribution in [2.75, 3.05) is 0 Å². The quantitative estimate of drug-likeness (QED) is 0.496. The van der Waals surface area contributed by atoms with Crippen LogP contribution in [0.3, 0.4) is 0 Å². The third kappa shape index (κ3) is 5.73. The number of rotatable bonds is 5. The molecule has 0 heterocycles. The smallest absolute Gasteiger partial charge is 0.303 e. The summed E-state index contributed by atoms with van der Waals surface area (Å²) in [6.45, 7) is 5.67. The maximum atomic E-state index is 11.5. The van der Waals surface area contributed by atoms with Gasteiger partial charge >= 0.3 is 23.9 Å². The van der Waals surface area contributed by atoms with E-state index in [9.17, 15) is 24.0 Å². The molecule has 0 aromatic carbocycles. The van der Waals surface area contributed by atoms with Gasteiger partial charge in [-0.25, -0.2) is 0 Å². The second-order valence-electron chi connectivity index (χ2n) is 5.52. The minimum atomic E-state index is -1.26. The van der Waals surface area contributed by atoms with E-state index in [0.717, 1.165) is 27.7 Å². The summed E-state index contributed by atoms with van der Waals surface area (Å²) in [5.41, 5.74) is 0. The number of hydrogen-bond donors (Lipinski definition) is 1. The third-order valence-electron chi connectivity index (χ3n) is 3.26. The van der Waals surface area contributed by atoms with E-state index >= 15 is 0 Å². The predicted octanol–water partition coefficient (Wildman–Crippen LogP) is -0.768. The van der Waals surface area contributed by atoms with Crippen LogP contribution in [0, 0.1) is 0 Å². The van der Waals surface area contributed by atoms with Gasteiger partial charge in [0.1, 0.15) is 6.04 Å². The Hall–Kier alpha value is -2.65. The Kier molecular flexibility index (Phi) is 6.89. The van der Waals surface area contributed by atoms with E-state index in [4.69, 9.17) is 18.9 Å². The standard InChI is InChI=1S/C15H21NO9/c1-6(17)16-11-12(22-7(2)18)14(24-9(4)20)15(25-10(5)21)13(11)23-8(3)19/h11-15H,1-5H3,(H,16,17)/t11?,12-,13+,14-,15+. The number of nitrogens with one attached hydrogen (secondary N) is 1. The third-order valence-corrected chi connectivity index (χ3v) is 3.26. The van der Waals surface area contributed by atoms with Crippen LogP contribution < -0.4 is 5.32 Å². The number of hydrogen-bond acceptors (Lipinski definition) is 9. The second-order valence-corrected chi connectivity index (χ2v) is 5.52. The Balaban J connectivity index is 3.34. The zero-order valence-corrected chi connectivity index (χ0v) is 14.6. The van der Waals surface area contributed by atoms with Crippen molar-refractivity contribution in [3.63, 3.8) is 0 Å². The molecule has 0 bridgehead atoms. The lowest BCUT2D eigenvalue weighted by molar-refractivity contribution is -0.180. The topological polar surface area (TPSA) is 134 Å². The van der Waals surface area contributed by atoms with Crippen molar-refractivity contribution in [1.29, 1.82) is 0 Å². The first-order valence-corrected chi connectivity index (χ1v) is 7.49. The molecule has 1 saturated carbocycles. The van der Waals surface area contributed by atoms with Crippen molar-refractivity contribution in [2.45, 2.75) is 65.1 Å². The second kappa shape index (κ2) is 8.45. The van der Waals surface area contributed by atoms with Gasteiger partial charge in [0, 0.05) is 34.6 Å². The zero-order chi connectivity index (χ0) is 19.3. The minimum Gasteiger partial charge on any atom is -0.456 e. The van der Waals surface area contributed by atoms with Gasteiger partial charge in [-0.15, -0.1) is 0 Å². The van der Waals surface area contributed by atoms with E-state index in [2.05, 4.69) is 5.32 Å². The fourth-order valence-corrected chi connectivity index (χ4v) is 2.68. The summed E-state index contributed by atoms with van der Waals surface area (Å²) in [7, 11) is 0.